The molecule has 1 saturated heterocycles. The normalized spacial score (nSPS) is 23.6. The third kappa shape index (κ3) is 3.05. The van der Waals surface area contributed by atoms with E-state index in [1.807, 2.05) is 18.2 Å². The Bertz CT molecular complexity index is 585. The quantitative estimate of drug-likeness (QED) is 0.821. The van der Waals surface area contributed by atoms with Crippen molar-refractivity contribution >= 4 is 33.1 Å². The molecule has 3 rings (SSSR count). The minimum absolute atomic E-state index is 0.00812. The molecule has 112 valence electrons. The summed E-state index contributed by atoms with van der Waals surface area (Å²) < 4.78 is 0.995. The van der Waals surface area contributed by atoms with E-state index in [1.54, 1.807) is 0 Å². The molecule has 1 atom stereocenters. The van der Waals surface area contributed by atoms with Gasteiger partial charge in [-0.15, -0.1) is 0 Å². The van der Waals surface area contributed by atoms with E-state index in [0.717, 1.165) is 53.8 Å². The lowest BCUT2D eigenvalue weighted by atomic mass is 10.0. The predicted molar refractivity (Wildman–Crippen MR) is 89.0 cm³/mol. The number of amides is 1. The van der Waals surface area contributed by atoms with Gasteiger partial charge in [-0.05, 0) is 57.1 Å². The van der Waals surface area contributed by atoms with Crippen LogP contribution in [0, 0.1) is 0 Å². The summed E-state index contributed by atoms with van der Waals surface area (Å²) in [4.78, 5) is 14.7. The second kappa shape index (κ2) is 6.30. The first-order valence-electron chi connectivity index (χ1n) is 7.46. The average Bonchev–Trinajstić information content (AvgIpc) is 3.03. The van der Waals surface area contributed by atoms with Gasteiger partial charge >= 0.3 is 0 Å². The third-order valence-corrected chi connectivity index (χ3v) is 4.68. The highest BCUT2D eigenvalue weighted by Crippen LogP contribution is 2.35. The maximum atomic E-state index is 12.2. The summed E-state index contributed by atoms with van der Waals surface area (Å²) in [5.74, 6) is 0.00812. The maximum Gasteiger partial charge on any atom is 0.256 e. The summed E-state index contributed by atoms with van der Waals surface area (Å²) in [5.41, 5.74) is 8.31. The second-order valence-electron chi connectivity index (χ2n) is 5.61. The van der Waals surface area contributed by atoms with Gasteiger partial charge in [0.2, 0.25) is 0 Å². The fourth-order valence-electron chi connectivity index (χ4n) is 3.13. The van der Waals surface area contributed by atoms with E-state index >= 15 is 0 Å². The van der Waals surface area contributed by atoms with E-state index in [1.165, 1.54) is 6.42 Å². The van der Waals surface area contributed by atoms with Crippen LogP contribution in [0.25, 0.3) is 5.57 Å². The first kappa shape index (κ1) is 14.8. The Morgan fingerprint density at radius 1 is 1.48 bits per heavy atom. The van der Waals surface area contributed by atoms with Gasteiger partial charge in [0.05, 0.1) is 0 Å². The van der Waals surface area contributed by atoms with Crippen LogP contribution in [0.15, 0.2) is 28.7 Å². The number of fused-ring (bicyclic) bond motifs is 1. The number of hydrogen-bond donors (Lipinski definition) is 2. The van der Waals surface area contributed by atoms with Gasteiger partial charge in [-0.25, -0.2) is 0 Å². The Kier molecular flexibility index (Phi) is 4.42. The van der Waals surface area contributed by atoms with Crippen LogP contribution in [0.3, 0.4) is 0 Å². The number of hydrogen-bond acceptors (Lipinski definition) is 3. The van der Waals surface area contributed by atoms with E-state index in [0.29, 0.717) is 6.04 Å². The average molecular weight is 350 g/mol. The number of carbonyl (C=O) groups is 1. The van der Waals surface area contributed by atoms with Crippen LogP contribution >= 0.6 is 15.9 Å². The molecule has 1 fully saturated rings. The van der Waals surface area contributed by atoms with Crippen LogP contribution in [0.1, 0.15) is 24.8 Å². The fourth-order valence-corrected chi connectivity index (χ4v) is 3.49. The van der Waals surface area contributed by atoms with Gasteiger partial charge in [0, 0.05) is 27.3 Å². The van der Waals surface area contributed by atoms with Gasteiger partial charge in [-0.3, -0.25) is 9.69 Å². The highest BCUT2D eigenvalue weighted by molar-refractivity contribution is 9.10. The van der Waals surface area contributed by atoms with Crippen molar-refractivity contribution in [3.05, 3.63) is 34.3 Å². The largest absolute Gasteiger partial charge is 0.330 e. The number of halogens is 1. The van der Waals surface area contributed by atoms with Gasteiger partial charge in [0.15, 0.2) is 0 Å². The summed E-state index contributed by atoms with van der Waals surface area (Å²) in [7, 11) is 0. The summed E-state index contributed by atoms with van der Waals surface area (Å²) in [6, 6.07) is 6.25. The zero-order valence-corrected chi connectivity index (χ0v) is 13.5. The van der Waals surface area contributed by atoms with E-state index in [-0.39, 0.29) is 5.91 Å². The number of rotatable bonds is 4. The number of anilines is 1. The molecule has 1 aromatic rings. The minimum atomic E-state index is 0.00812. The Hall–Kier alpha value is -1.17. The Balaban J connectivity index is 1.86. The van der Waals surface area contributed by atoms with Crippen molar-refractivity contribution in [2.75, 3.05) is 25.0 Å². The topological polar surface area (TPSA) is 58.4 Å². The second-order valence-corrected chi connectivity index (χ2v) is 6.53. The van der Waals surface area contributed by atoms with Crippen molar-refractivity contribution in [1.82, 2.24) is 4.90 Å². The molecule has 0 aromatic heterocycles. The number of likely N-dealkylation sites (tertiary alicyclic amines) is 1. The maximum absolute atomic E-state index is 12.2. The molecular weight excluding hydrogens is 330 g/mol. The van der Waals surface area contributed by atoms with Crippen LogP contribution in [-0.4, -0.2) is 36.5 Å². The lowest BCUT2D eigenvalue weighted by Crippen LogP contribution is -2.30. The molecule has 1 amide bonds. The molecule has 1 aromatic carbocycles. The molecule has 0 spiro atoms. The molecule has 5 heteroatoms. The highest BCUT2D eigenvalue weighted by atomic mass is 79.9. The van der Waals surface area contributed by atoms with E-state index < -0.39 is 0 Å². The molecule has 1 unspecified atom stereocenters. The van der Waals surface area contributed by atoms with Gasteiger partial charge in [-0.1, -0.05) is 22.0 Å². The first-order chi connectivity index (χ1) is 10.2. The number of nitrogens with one attached hydrogen (secondary N) is 1. The highest BCUT2D eigenvalue weighted by Gasteiger charge is 2.28. The van der Waals surface area contributed by atoms with Crippen molar-refractivity contribution in [3.8, 4) is 0 Å². The molecule has 0 aliphatic carbocycles. The summed E-state index contributed by atoms with van der Waals surface area (Å²) in [6.45, 7) is 2.83. The fraction of sp³-hybridized carbons (Fsp3) is 0.438. The van der Waals surface area contributed by atoms with Crippen LogP contribution in [0.4, 0.5) is 5.69 Å². The minimum Gasteiger partial charge on any atom is -0.330 e. The Morgan fingerprint density at radius 3 is 3.14 bits per heavy atom. The van der Waals surface area contributed by atoms with Crippen molar-refractivity contribution < 1.29 is 4.79 Å². The number of nitrogens with two attached hydrogens (primary N) is 1. The molecule has 3 N–H and O–H groups in total. The Labute approximate surface area is 133 Å². The molecular formula is C16H20BrN3O. The van der Waals surface area contributed by atoms with Gasteiger partial charge in [-0.2, -0.15) is 0 Å². The van der Waals surface area contributed by atoms with Gasteiger partial charge in [0.25, 0.3) is 5.91 Å². The summed E-state index contributed by atoms with van der Waals surface area (Å²) in [5, 5.41) is 2.94. The predicted octanol–water partition coefficient (Wildman–Crippen LogP) is 2.60. The molecule has 21 heavy (non-hydrogen) atoms. The van der Waals surface area contributed by atoms with Crippen molar-refractivity contribution in [1.29, 1.82) is 0 Å². The number of benzene rings is 1. The standard InChI is InChI=1S/C16H20BrN3O/c17-11-4-5-15-13(9-11)14(16(21)19-15)10-12-3-1-7-20(12)8-2-6-18/h4-5,9-10,12H,1-3,6-8,18H2,(H,19,21). The van der Waals surface area contributed by atoms with E-state index in [9.17, 15) is 4.79 Å². The molecule has 0 radical (unpaired) electrons. The third-order valence-electron chi connectivity index (χ3n) is 4.19. The zero-order chi connectivity index (χ0) is 14.8. The van der Waals surface area contributed by atoms with Crippen molar-refractivity contribution in [2.24, 2.45) is 5.73 Å². The lowest BCUT2D eigenvalue weighted by Gasteiger charge is -2.21. The summed E-state index contributed by atoms with van der Waals surface area (Å²) in [6.07, 6.45) is 5.45. The van der Waals surface area contributed by atoms with Crippen LogP contribution < -0.4 is 11.1 Å². The van der Waals surface area contributed by atoms with Crippen LogP contribution in [0.5, 0.6) is 0 Å². The lowest BCUT2D eigenvalue weighted by molar-refractivity contribution is -0.110. The monoisotopic (exact) mass is 349 g/mol. The number of nitrogens with zero attached hydrogens (tertiary/aromatic N) is 1. The van der Waals surface area contributed by atoms with Crippen LogP contribution in [0.2, 0.25) is 0 Å². The molecule has 2 heterocycles. The van der Waals surface area contributed by atoms with Crippen LogP contribution in [-0.2, 0) is 4.79 Å². The molecule has 0 saturated carbocycles. The number of carbonyl (C=O) groups excluding carboxylic acids is 1. The Morgan fingerprint density at radius 2 is 2.33 bits per heavy atom. The van der Waals surface area contributed by atoms with Gasteiger partial charge < -0.3 is 11.1 Å². The van der Waals surface area contributed by atoms with Gasteiger partial charge in [0.1, 0.15) is 0 Å². The smallest absolute Gasteiger partial charge is 0.256 e. The van der Waals surface area contributed by atoms with Crippen molar-refractivity contribution in [2.45, 2.75) is 25.3 Å². The zero-order valence-electron chi connectivity index (χ0n) is 11.9. The SMILES string of the molecule is NCCCN1CCCC1C=C1C(=O)Nc2ccc(Br)cc21. The molecule has 2 aliphatic rings. The molecule has 4 nitrogen and oxygen atoms in total. The molecule has 2 aliphatic heterocycles. The summed E-state index contributed by atoms with van der Waals surface area (Å²) >= 11 is 3.48. The van der Waals surface area contributed by atoms with E-state index in [4.69, 9.17) is 5.73 Å². The molecule has 0 bridgehead atoms. The van der Waals surface area contributed by atoms with Crippen molar-refractivity contribution in [3.63, 3.8) is 0 Å². The first-order valence-corrected chi connectivity index (χ1v) is 8.25. The van der Waals surface area contributed by atoms with E-state index in [2.05, 4.69) is 32.2 Å².